The van der Waals surface area contributed by atoms with Crippen LogP contribution in [0.4, 0.5) is 8.78 Å². The summed E-state index contributed by atoms with van der Waals surface area (Å²) in [5.74, 6) is -1.67. The Balaban J connectivity index is 2.15. The summed E-state index contributed by atoms with van der Waals surface area (Å²) < 4.78 is 34.5. The van der Waals surface area contributed by atoms with Gasteiger partial charge in [0.05, 0.1) is 7.11 Å². The van der Waals surface area contributed by atoms with E-state index in [2.05, 4.69) is 10.1 Å². The summed E-state index contributed by atoms with van der Waals surface area (Å²) >= 11 is 0. The first-order chi connectivity index (χ1) is 13.4. The Kier molecular flexibility index (Phi) is 7.74. The predicted molar refractivity (Wildman–Crippen MR) is 97.9 cm³/mol. The molecular formula is C20H21F2NO5. The molecule has 0 saturated heterocycles. The van der Waals surface area contributed by atoms with Crippen molar-refractivity contribution in [2.45, 2.75) is 31.9 Å². The summed E-state index contributed by atoms with van der Waals surface area (Å²) in [5, 5.41) is 11.7. The van der Waals surface area contributed by atoms with E-state index in [-0.39, 0.29) is 29.9 Å². The molecule has 6 nitrogen and oxygen atoms in total. The fourth-order valence-electron chi connectivity index (χ4n) is 2.70. The van der Waals surface area contributed by atoms with Gasteiger partial charge >= 0.3 is 12.6 Å². The maximum atomic E-state index is 12.6. The van der Waals surface area contributed by atoms with Crippen molar-refractivity contribution in [1.82, 2.24) is 5.32 Å². The van der Waals surface area contributed by atoms with Crippen molar-refractivity contribution in [1.29, 1.82) is 0 Å². The van der Waals surface area contributed by atoms with Gasteiger partial charge in [-0.1, -0.05) is 30.3 Å². The number of methoxy groups -OCH3 is 1. The summed E-state index contributed by atoms with van der Waals surface area (Å²) in [5.41, 5.74) is 1.04. The Morgan fingerprint density at radius 3 is 2.43 bits per heavy atom. The van der Waals surface area contributed by atoms with Gasteiger partial charge in [-0.3, -0.25) is 9.59 Å². The fraction of sp³-hybridized carbons (Fsp3) is 0.300. The third kappa shape index (κ3) is 6.53. The maximum Gasteiger partial charge on any atom is 0.387 e. The normalized spacial score (nSPS) is 11.7. The quantitative estimate of drug-likeness (QED) is 0.645. The Bertz CT molecular complexity index is 798. The molecule has 2 aromatic carbocycles. The number of aliphatic carboxylic acids is 1. The van der Waals surface area contributed by atoms with Gasteiger partial charge in [0.1, 0.15) is 0 Å². The van der Waals surface area contributed by atoms with Crippen LogP contribution < -0.4 is 14.8 Å². The van der Waals surface area contributed by atoms with Crippen molar-refractivity contribution in [3.05, 3.63) is 59.7 Å². The van der Waals surface area contributed by atoms with Crippen molar-refractivity contribution in [2.75, 3.05) is 7.11 Å². The highest BCUT2D eigenvalue weighted by molar-refractivity contribution is 5.95. The molecule has 2 N–H and O–H groups in total. The minimum absolute atomic E-state index is 0.0727. The molecule has 0 spiro atoms. The van der Waals surface area contributed by atoms with Crippen LogP contribution in [0.2, 0.25) is 0 Å². The smallest absolute Gasteiger partial charge is 0.387 e. The number of amides is 1. The van der Waals surface area contributed by atoms with Crippen LogP contribution in [0.3, 0.4) is 0 Å². The average Bonchev–Trinajstić information content (AvgIpc) is 2.66. The lowest BCUT2D eigenvalue weighted by Gasteiger charge is -2.19. The van der Waals surface area contributed by atoms with Gasteiger partial charge in [-0.05, 0) is 36.6 Å². The highest BCUT2D eigenvalue weighted by Gasteiger charge is 2.18. The zero-order valence-corrected chi connectivity index (χ0v) is 15.2. The standard InChI is InChI=1S/C20H21F2NO5/c1-27-16-9-7-14(12-17(16)28-20(21)22)19(26)23-15(8-10-18(24)25)11-13-5-3-2-4-6-13/h2-7,9,12,15,20H,8,10-11H2,1H3,(H,23,26)(H,24,25). The third-order valence-corrected chi connectivity index (χ3v) is 4.01. The van der Waals surface area contributed by atoms with Crippen LogP contribution in [0.1, 0.15) is 28.8 Å². The van der Waals surface area contributed by atoms with Gasteiger partial charge < -0.3 is 19.9 Å². The second-order valence-corrected chi connectivity index (χ2v) is 6.04. The molecule has 2 aromatic rings. The van der Waals surface area contributed by atoms with E-state index in [1.165, 1.54) is 19.2 Å². The molecule has 0 saturated carbocycles. The second-order valence-electron chi connectivity index (χ2n) is 6.04. The van der Waals surface area contributed by atoms with E-state index in [9.17, 15) is 18.4 Å². The van der Waals surface area contributed by atoms with E-state index >= 15 is 0 Å². The number of ether oxygens (including phenoxy) is 2. The molecule has 150 valence electrons. The Morgan fingerprint density at radius 1 is 1.11 bits per heavy atom. The minimum Gasteiger partial charge on any atom is -0.493 e. The van der Waals surface area contributed by atoms with Crippen LogP contribution >= 0.6 is 0 Å². The molecule has 0 radical (unpaired) electrons. The minimum atomic E-state index is -3.06. The van der Waals surface area contributed by atoms with Gasteiger partial charge in [-0.25, -0.2) is 0 Å². The van der Waals surface area contributed by atoms with Gasteiger partial charge in [0.25, 0.3) is 5.91 Å². The van der Waals surface area contributed by atoms with E-state index < -0.39 is 24.5 Å². The zero-order valence-electron chi connectivity index (χ0n) is 15.2. The molecular weight excluding hydrogens is 372 g/mol. The predicted octanol–water partition coefficient (Wildman–Crippen LogP) is 3.50. The van der Waals surface area contributed by atoms with E-state index in [1.54, 1.807) is 0 Å². The van der Waals surface area contributed by atoms with Crippen LogP contribution in [-0.2, 0) is 11.2 Å². The number of halogens is 2. The molecule has 2 rings (SSSR count). The molecule has 1 unspecified atom stereocenters. The SMILES string of the molecule is COc1ccc(C(=O)NC(CCC(=O)O)Cc2ccccc2)cc1OC(F)F. The Morgan fingerprint density at radius 2 is 1.82 bits per heavy atom. The summed E-state index contributed by atoms with van der Waals surface area (Å²) in [7, 11) is 1.30. The van der Waals surface area contributed by atoms with Crippen LogP contribution in [0.15, 0.2) is 48.5 Å². The maximum absolute atomic E-state index is 12.6. The van der Waals surface area contributed by atoms with Crippen LogP contribution in [0.25, 0.3) is 0 Å². The van der Waals surface area contributed by atoms with Gasteiger partial charge in [0.2, 0.25) is 0 Å². The highest BCUT2D eigenvalue weighted by Crippen LogP contribution is 2.29. The lowest BCUT2D eigenvalue weighted by molar-refractivity contribution is -0.137. The zero-order chi connectivity index (χ0) is 20.5. The first-order valence-corrected chi connectivity index (χ1v) is 8.58. The molecule has 1 amide bonds. The van der Waals surface area contributed by atoms with Gasteiger partial charge in [0.15, 0.2) is 11.5 Å². The summed E-state index contributed by atoms with van der Waals surface area (Å²) in [4.78, 5) is 23.5. The van der Waals surface area contributed by atoms with E-state index in [1.807, 2.05) is 30.3 Å². The second kappa shape index (κ2) is 10.2. The third-order valence-electron chi connectivity index (χ3n) is 4.01. The fourth-order valence-corrected chi connectivity index (χ4v) is 2.70. The number of nitrogens with one attached hydrogen (secondary N) is 1. The number of rotatable bonds is 10. The molecule has 0 fully saturated rings. The molecule has 0 aliphatic heterocycles. The average molecular weight is 393 g/mol. The van der Waals surface area contributed by atoms with E-state index in [0.717, 1.165) is 11.6 Å². The van der Waals surface area contributed by atoms with Crippen LogP contribution in [0.5, 0.6) is 11.5 Å². The molecule has 0 aromatic heterocycles. The number of benzene rings is 2. The first-order valence-electron chi connectivity index (χ1n) is 8.58. The summed E-state index contributed by atoms with van der Waals surface area (Å²) in [6.45, 7) is -3.06. The summed E-state index contributed by atoms with van der Waals surface area (Å²) in [6, 6.07) is 12.8. The van der Waals surface area contributed by atoms with Gasteiger partial charge in [0, 0.05) is 18.0 Å². The number of carboxylic acid groups (broad SMARTS) is 1. The first kappa shape index (κ1) is 21.1. The number of carbonyl (C=O) groups excluding carboxylic acids is 1. The molecule has 0 aliphatic rings. The largest absolute Gasteiger partial charge is 0.493 e. The van der Waals surface area contributed by atoms with Gasteiger partial charge in [-0.2, -0.15) is 8.78 Å². The van der Waals surface area contributed by atoms with Crippen LogP contribution in [-0.4, -0.2) is 36.7 Å². The summed E-state index contributed by atoms with van der Waals surface area (Å²) in [6.07, 6.45) is 0.559. The number of carboxylic acids is 1. The van der Waals surface area contributed by atoms with Crippen molar-refractivity contribution < 1.29 is 33.0 Å². The monoisotopic (exact) mass is 393 g/mol. The molecule has 0 aliphatic carbocycles. The Hall–Kier alpha value is -3.16. The van der Waals surface area contributed by atoms with E-state index in [0.29, 0.717) is 6.42 Å². The van der Waals surface area contributed by atoms with Gasteiger partial charge in [-0.15, -0.1) is 0 Å². The molecule has 0 bridgehead atoms. The molecule has 1 atom stereocenters. The lowest BCUT2D eigenvalue weighted by atomic mass is 10.0. The molecule has 0 heterocycles. The van der Waals surface area contributed by atoms with Crippen molar-refractivity contribution in [3.63, 3.8) is 0 Å². The number of hydrogen-bond donors (Lipinski definition) is 2. The highest BCUT2D eigenvalue weighted by atomic mass is 19.3. The molecule has 28 heavy (non-hydrogen) atoms. The number of alkyl halides is 2. The topological polar surface area (TPSA) is 84.9 Å². The number of carbonyl (C=O) groups is 2. The molecule has 8 heteroatoms. The van der Waals surface area contributed by atoms with Crippen LogP contribution in [0, 0.1) is 0 Å². The lowest BCUT2D eigenvalue weighted by Crippen LogP contribution is -2.37. The van der Waals surface area contributed by atoms with Crippen molar-refractivity contribution >= 4 is 11.9 Å². The van der Waals surface area contributed by atoms with Crippen molar-refractivity contribution in [2.24, 2.45) is 0 Å². The Labute approximate surface area is 161 Å². The number of hydrogen-bond acceptors (Lipinski definition) is 4. The van der Waals surface area contributed by atoms with Crippen molar-refractivity contribution in [3.8, 4) is 11.5 Å². The van der Waals surface area contributed by atoms with E-state index in [4.69, 9.17) is 9.84 Å².